The number of carboxylic acid groups (broad SMARTS) is 1. The molecule has 1 N–H and O–H groups in total. The summed E-state index contributed by atoms with van der Waals surface area (Å²) in [4.78, 5) is 10.4. The number of hydrogen-bond donors (Lipinski definition) is 1. The monoisotopic (exact) mass is 386 g/mol. The molecule has 0 aliphatic carbocycles. The molecule has 0 bridgehead atoms. The van der Waals surface area contributed by atoms with Crippen molar-refractivity contribution in [1.29, 1.82) is 0 Å². The van der Waals surface area contributed by atoms with Crippen LogP contribution in [0.25, 0.3) is 0 Å². The molecule has 1 atom stereocenters. The molecule has 0 heterocycles. The van der Waals surface area contributed by atoms with Gasteiger partial charge in [-0.1, -0.05) is 80.1 Å². The summed E-state index contributed by atoms with van der Waals surface area (Å²) in [7, 11) is 0. The Morgan fingerprint density at radius 1 is 0.667 bits per heavy atom. The average Bonchev–Trinajstić information content (AvgIpc) is 2.67. The van der Waals surface area contributed by atoms with Gasteiger partial charge in [0.2, 0.25) is 0 Å². The summed E-state index contributed by atoms with van der Waals surface area (Å²) in [6, 6.07) is 0. The highest BCUT2D eigenvalue weighted by Gasteiger charge is 2.24. The van der Waals surface area contributed by atoms with Gasteiger partial charge in [0.15, 0.2) is 0 Å². The molecule has 0 aromatic rings. The van der Waals surface area contributed by atoms with Gasteiger partial charge < -0.3 is 9.59 Å². The van der Waals surface area contributed by atoms with Gasteiger partial charge >= 0.3 is 5.97 Å². The number of rotatable bonds is 17. The fourth-order valence-corrected chi connectivity index (χ4v) is 3.60. The Kier molecular flexibility index (Phi) is 21.4. The Balaban J connectivity index is 0. The van der Waals surface area contributed by atoms with Crippen LogP contribution in [0.2, 0.25) is 0 Å². The number of nitrogens with zero attached hydrogens (tertiary/aromatic N) is 1. The first-order valence-electron chi connectivity index (χ1n) is 12.0. The molecule has 27 heavy (non-hydrogen) atoms. The quantitative estimate of drug-likeness (QED) is 0.266. The highest BCUT2D eigenvalue weighted by atomic mass is 16.4. The van der Waals surface area contributed by atoms with Crippen LogP contribution in [0.3, 0.4) is 0 Å². The fraction of sp³-hybridized carbons (Fsp3) is 0.958. The molecule has 1 unspecified atom stereocenters. The molecule has 0 fully saturated rings. The first kappa shape index (κ1) is 28.6. The van der Waals surface area contributed by atoms with Crippen molar-refractivity contribution in [3.05, 3.63) is 0 Å². The number of aliphatic carboxylic acids is 1. The van der Waals surface area contributed by atoms with E-state index in [4.69, 9.17) is 5.11 Å². The third-order valence-electron chi connectivity index (χ3n) is 5.69. The van der Waals surface area contributed by atoms with Gasteiger partial charge in [0.05, 0.1) is 32.1 Å². The Hall–Kier alpha value is -0.570. The Morgan fingerprint density at radius 2 is 1.00 bits per heavy atom. The molecule has 3 heteroatoms. The second-order valence-corrected chi connectivity index (χ2v) is 8.24. The van der Waals surface area contributed by atoms with Crippen molar-refractivity contribution in [3.8, 4) is 0 Å². The minimum atomic E-state index is -0.643. The van der Waals surface area contributed by atoms with E-state index >= 15 is 0 Å². The van der Waals surface area contributed by atoms with Crippen LogP contribution in [0.15, 0.2) is 0 Å². The van der Waals surface area contributed by atoms with Gasteiger partial charge in [-0.3, -0.25) is 4.79 Å². The van der Waals surface area contributed by atoms with Gasteiger partial charge in [0, 0.05) is 0 Å². The summed E-state index contributed by atoms with van der Waals surface area (Å²) in [5.41, 5.74) is 0. The normalized spacial score (nSPS) is 12.4. The van der Waals surface area contributed by atoms with E-state index in [-0.39, 0.29) is 5.92 Å². The van der Waals surface area contributed by atoms with Crippen LogP contribution in [0.1, 0.15) is 119 Å². The highest BCUT2D eigenvalue weighted by molar-refractivity contribution is 5.69. The number of quaternary nitrogens is 1. The van der Waals surface area contributed by atoms with Crippen LogP contribution in [0, 0.1) is 5.92 Å². The lowest BCUT2D eigenvalue weighted by Gasteiger charge is -2.39. The van der Waals surface area contributed by atoms with Gasteiger partial charge in [-0.25, -0.2) is 0 Å². The van der Waals surface area contributed by atoms with Gasteiger partial charge in [0.25, 0.3) is 0 Å². The van der Waals surface area contributed by atoms with Crippen molar-refractivity contribution >= 4 is 5.97 Å². The minimum absolute atomic E-state index is 0.111. The highest BCUT2D eigenvalue weighted by Crippen LogP contribution is 2.16. The lowest BCUT2D eigenvalue weighted by atomic mass is 10.00. The molecule has 0 aliphatic rings. The fourth-order valence-electron chi connectivity index (χ4n) is 3.60. The van der Waals surface area contributed by atoms with Crippen LogP contribution in [-0.4, -0.2) is 41.7 Å². The van der Waals surface area contributed by atoms with Crippen molar-refractivity contribution in [1.82, 2.24) is 0 Å². The van der Waals surface area contributed by atoms with Crippen molar-refractivity contribution in [2.45, 2.75) is 119 Å². The van der Waals surface area contributed by atoms with E-state index in [9.17, 15) is 4.79 Å². The molecule has 0 radical (unpaired) electrons. The van der Waals surface area contributed by atoms with Crippen molar-refractivity contribution < 1.29 is 14.4 Å². The zero-order valence-corrected chi connectivity index (χ0v) is 19.7. The molecule has 0 saturated heterocycles. The largest absolute Gasteiger partial charge is 0.481 e. The van der Waals surface area contributed by atoms with E-state index in [1.54, 1.807) is 0 Å². The number of carboxylic acids is 1. The van der Waals surface area contributed by atoms with Crippen molar-refractivity contribution in [2.75, 3.05) is 26.2 Å². The van der Waals surface area contributed by atoms with Gasteiger partial charge in [0.1, 0.15) is 0 Å². The topological polar surface area (TPSA) is 37.3 Å². The number of unbranched alkanes of at least 4 members (excludes halogenated alkanes) is 5. The van der Waals surface area contributed by atoms with Crippen molar-refractivity contribution in [3.63, 3.8) is 0 Å². The lowest BCUT2D eigenvalue weighted by Crippen LogP contribution is -2.50. The maximum atomic E-state index is 10.4. The van der Waals surface area contributed by atoms with Gasteiger partial charge in [-0.05, 0) is 38.5 Å². The Bertz CT molecular complexity index is 280. The summed E-state index contributed by atoms with van der Waals surface area (Å²) < 4.78 is 1.42. The zero-order valence-electron chi connectivity index (χ0n) is 19.7. The Labute approximate surface area is 171 Å². The molecule has 0 aromatic heterocycles. The maximum absolute atomic E-state index is 10.4. The van der Waals surface area contributed by atoms with Gasteiger partial charge in [-0.15, -0.1) is 0 Å². The Morgan fingerprint density at radius 3 is 1.22 bits per heavy atom. The van der Waals surface area contributed by atoms with Crippen LogP contribution < -0.4 is 0 Å². The molecular formula is C24H52NO2+. The predicted molar refractivity (Wildman–Crippen MR) is 120 cm³/mol. The van der Waals surface area contributed by atoms with E-state index in [1.807, 2.05) is 6.92 Å². The first-order chi connectivity index (χ1) is 13.0. The van der Waals surface area contributed by atoms with Crippen LogP contribution in [0.5, 0.6) is 0 Å². The van der Waals surface area contributed by atoms with Crippen LogP contribution in [-0.2, 0) is 4.79 Å². The third kappa shape index (κ3) is 16.1. The van der Waals surface area contributed by atoms with Crippen LogP contribution in [0.4, 0.5) is 0 Å². The summed E-state index contributed by atoms with van der Waals surface area (Å²) in [6.45, 7) is 19.0. The molecule has 0 spiro atoms. The van der Waals surface area contributed by atoms with E-state index in [0.29, 0.717) is 0 Å². The first-order valence-corrected chi connectivity index (χ1v) is 12.0. The number of carbonyl (C=O) groups is 1. The molecule has 164 valence electrons. The molecule has 0 saturated carbocycles. The molecule has 3 nitrogen and oxygen atoms in total. The molecular weight excluding hydrogens is 334 g/mol. The summed E-state index contributed by atoms with van der Waals surface area (Å²) >= 11 is 0. The maximum Gasteiger partial charge on any atom is 0.306 e. The van der Waals surface area contributed by atoms with E-state index < -0.39 is 5.97 Å². The standard InChI is InChI=1S/C16H36N.C8H16O2/c1-5-9-13-17(14-10-6-2,15-11-7-3)16-12-8-4;1-3-5-6-7(4-2)8(9)10/h5-16H2,1-4H3;7H,3-6H2,1-2H3,(H,9,10)/q+1;. The van der Waals surface area contributed by atoms with Crippen molar-refractivity contribution in [2.24, 2.45) is 5.92 Å². The molecule has 0 aliphatic heterocycles. The molecule has 0 rings (SSSR count). The average molecular weight is 387 g/mol. The second kappa shape index (κ2) is 20.2. The van der Waals surface area contributed by atoms with E-state index in [1.165, 1.54) is 82.0 Å². The smallest absolute Gasteiger partial charge is 0.306 e. The molecule has 0 aromatic carbocycles. The van der Waals surface area contributed by atoms with Crippen LogP contribution >= 0.6 is 0 Å². The third-order valence-corrected chi connectivity index (χ3v) is 5.69. The second-order valence-electron chi connectivity index (χ2n) is 8.24. The molecule has 0 amide bonds. The predicted octanol–water partition coefficient (Wildman–Crippen LogP) is 7.29. The van der Waals surface area contributed by atoms with Gasteiger partial charge in [-0.2, -0.15) is 0 Å². The summed E-state index contributed by atoms with van der Waals surface area (Å²) in [6.07, 6.45) is 14.8. The zero-order chi connectivity index (χ0) is 21.0. The summed E-state index contributed by atoms with van der Waals surface area (Å²) in [5, 5.41) is 8.60. The number of hydrogen-bond acceptors (Lipinski definition) is 1. The lowest BCUT2D eigenvalue weighted by molar-refractivity contribution is -0.929. The van der Waals surface area contributed by atoms with E-state index in [2.05, 4.69) is 34.6 Å². The summed E-state index contributed by atoms with van der Waals surface area (Å²) in [5.74, 6) is -0.754. The SMILES string of the molecule is CCCCC(CC)C(=O)O.CCCC[N+](CCCC)(CCCC)CCCC. The van der Waals surface area contributed by atoms with E-state index in [0.717, 1.165) is 25.7 Å². The minimum Gasteiger partial charge on any atom is -0.481 e.